The lowest BCUT2D eigenvalue weighted by Crippen LogP contribution is -2.43. The van der Waals surface area contributed by atoms with Gasteiger partial charge in [-0.05, 0) is 18.6 Å². The number of unbranched alkanes of at least 4 members (excludes halogenated alkanes) is 8. The van der Waals surface area contributed by atoms with Crippen molar-refractivity contribution in [2.75, 3.05) is 91.5 Å². The lowest BCUT2D eigenvalue weighted by Gasteiger charge is -2.29. The Balaban J connectivity index is 3.23. The number of quaternary nitrogens is 1. The summed E-state index contributed by atoms with van der Waals surface area (Å²) in [6.45, 7) is 6.18. The Kier molecular flexibility index (Phi) is 23.5. The second kappa shape index (κ2) is 23.5. The fraction of sp³-hybridized carbons (Fsp3) is 1.00. The topological polar surface area (TPSA) is 91.3 Å². The van der Waals surface area contributed by atoms with Gasteiger partial charge in [0.1, 0.15) is 6.54 Å². The van der Waals surface area contributed by atoms with Crippen molar-refractivity contribution in [3.63, 3.8) is 0 Å². The minimum absolute atomic E-state index is 0.199. The Morgan fingerprint density at radius 1 is 0.588 bits per heavy atom. The molecule has 0 aromatic heterocycles. The second-order valence-corrected chi connectivity index (χ2v) is 11.4. The molecule has 0 aromatic rings. The highest BCUT2D eigenvalue weighted by molar-refractivity contribution is 7.85. The Morgan fingerprint density at radius 3 is 1.47 bits per heavy atom. The highest BCUT2D eigenvalue weighted by atomic mass is 32.2. The number of nitrogens with zero attached hydrogens (tertiary/aromatic N) is 1. The molecule has 10 heteroatoms. The van der Waals surface area contributed by atoms with Gasteiger partial charge in [0.05, 0.1) is 72.6 Å². The predicted octanol–water partition coefficient (Wildman–Crippen LogP) is 3.85. The molecule has 0 aliphatic rings. The molecule has 0 rings (SSSR count). The lowest BCUT2D eigenvalue weighted by molar-refractivity contribution is -0.890. The average molecular weight is 531 g/mol. The first kappa shape index (κ1) is 34.1. The van der Waals surface area contributed by atoms with Crippen LogP contribution < -0.4 is 0 Å². The van der Waals surface area contributed by atoms with Crippen LogP contribution in [0.5, 0.6) is 0 Å². The molecule has 0 aliphatic carbocycles. The van der Waals surface area contributed by atoms with Crippen LogP contribution in [0.1, 0.15) is 64.2 Å². The van der Waals surface area contributed by atoms with Crippen molar-refractivity contribution in [2.45, 2.75) is 64.2 Å². The molecule has 0 aliphatic heterocycles. The first-order valence-corrected chi connectivity index (χ1v) is 15.2. The number of ether oxygens (including phenoxy) is 4. The van der Waals surface area contributed by atoms with Gasteiger partial charge in [-0.2, -0.15) is 21.0 Å². The summed E-state index contributed by atoms with van der Waals surface area (Å²) in [6, 6.07) is 0. The van der Waals surface area contributed by atoms with Crippen LogP contribution in [0, 0.1) is 0 Å². The monoisotopic (exact) mass is 530 g/mol. The molecule has 1 N–H and O–H groups in total. The van der Waals surface area contributed by atoms with Crippen LogP contribution in [0.2, 0.25) is 0 Å². The van der Waals surface area contributed by atoms with Gasteiger partial charge in [-0.3, -0.25) is 4.55 Å². The Hall–Kier alpha value is 0.0600. The zero-order chi connectivity index (χ0) is 25.4. The quantitative estimate of drug-likeness (QED) is 0.0721. The van der Waals surface area contributed by atoms with Crippen LogP contribution in [0.15, 0.2) is 0 Å². The van der Waals surface area contributed by atoms with E-state index in [0.29, 0.717) is 63.7 Å². The number of hydrogen-bond donors (Lipinski definition) is 2. The van der Waals surface area contributed by atoms with E-state index in [1.54, 1.807) is 0 Å². The van der Waals surface area contributed by atoms with Gasteiger partial charge >= 0.3 is 0 Å². The van der Waals surface area contributed by atoms with Crippen LogP contribution in [0.25, 0.3) is 0 Å². The fourth-order valence-electron chi connectivity index (χ4n) is 3.41. The smallest absolute Gasteiger partial charge is 0.265 e. The standard InChI is InChI=1S/C24H51NO7S2/c1-25(2,13-12-24-34(26,27)28)14-16-30-18-20-32-22-21-31-19-17-29-15-10-8-6-4-3-5-7-9-11-23-33/h3-24H2,1-2H3,(H-,26,27,28,33)/p+1. The molecule has 0 amide bonds. The van der Waals surface area contributed by atoms with E-state index in [4.69, 9.17) is 23.5 Å². The second-order valence-electron chi connectivity index (χ2n) is 9.38. The van der Waals surface area contributed by atoms with Gasteiger partial charge in [0.2, 0.25) is 0 Å². The lowest BCUT2D eigenvalue weighted by atomic mass is 10.1. The first-order valence-electron chi connectivity index (χ1n) is 13.0. The summed E-state index contributed by atoms with van der Waals surface area (Å²) in [7, 11) is 0.149. The largest absolute Gasteiger partial charge is 0.379 e. The van der Waals surface area contributed by atoms with Crippen molar-refractivity contribution in [2.24, 2.45) is 0 Å². The molecule has 0 aromatic carbocycles. The van der Waals surface area contributed by atoms with Crippen molar-refractivity contribution >= 4 is 22.7 Å². The van der Waals surface area contributed by atoms with Gasteiger partial charge in [0.15, 0.2) is 0 Å². The van der Waals surface area contributed by atoms with Gasteiger partial charge in [-0.15, -0.1) is 0 Å². The molecule has 0 fully saturated rings. The molecule has 206 valence electrons. The van der Waals surface area contributed by atoms with Crippen molar-refractivity contribution in [1.82, 2.24) is 0 Å². The minimum atomic E-state index is -3.88. The Morgan fingerprint density at radius 2 is 1.00 bits per heavy atom. The van der Waals surface area contributed by atoms with E-state index in [1.165, 1.54) is 51.4 Å². The molecule has 0 bridgehead atoms. The van der Waals surface area contributed by atoms with Gasteiger partial charge < -0.3 is 23.4 Å². The van der Waals surface area contributed by atoms with E-state index < -0.39 is 10.1 Å². The van der Waals surface area contributed by atoms with E-state index in [1.807, 2.05) is 14.1 Å². The summed E-state index contributed by atoms with van der Waals surface area (Å²) in [4.78, 5) is 0. The Bertz CT molecular complexity index is 533. The van der Waals surface area contributed by atoms with E-state index in [9.17, 15) is 8.42 Å². The van der Waals surface area contributed by atoms with E-state index in [0.717, 1.165) is 25.3 Å². The molecule has 0 atom stereocenters. The minimum Gasteiger partial charge on any atom is -0.379 e. The van der Waals surface area contributed by atoms with Gasteiger partial charge in [0.25, 0.3) is 10.1 Å². The fourth-order valence-corrected chi connectivity index (χ4v) is 4.13. The molecule has 8 nitrogen and oxygen atoms in total. The number of likely N-dealkylation sites (N-methyl/N-ethyl adjacent to an activating group) is 1. The van der Waals surface area contributed by atoms with Crippen LogP contribution in [-0.2, 0) is 29.1 Å². The summed E-state index contributed by atoms with van der Waals surface area (Å²) in [5.41, 5.74) is 0. The van der Waals surface area contributed by atoms with Crippen molar-refractivity contribution < 1.29 is 36.4 Å². The highest BCUT2D eigenvalue weighted by Crippen LogP contribution is 2.10. The SMILES string of the molecule is C[N+](C)(CCCS(=O)(=O)O)CCOCCOCCOCCOCCCCCCCCCCCS. The van der Waals surface area contributed by atoms with Crippen molar-refractivity contribution in [1.29, 1.82) is 0 Å². The number of hydrogen-bond acceptors (Lipinski definition) is 7. The summed E-state index contributed by atoms with van der Waals surface area (Å²) in [6.07, 6.45) is 12.1. The van der Waals surface area contributed by atoms with E-state index >= 15 is 0 Å². The molecule has 0 spiro atoms. The first-order chi connectivity index (χ1) is 16.3. The summed E-state index contributed by atoms with van der Waals surface area (Å²) < 4.78 is 53.2. The normalized spacial score (nSPS) is 12.5. The molecule has 34 heavy (non-hydrogen) atoms. The molecule has 0 saturated heterocycles. The van der Waals surface area contributed by atoms with Crippen molar-refractivity contribution in [3.8, 4) is 0 Å². The van der Waals surface area contributed by atoms with Gasteiger partial charge in [-0.25, -0.2) is 0 Å². The zero-order valence-electron chi connectivity index (χ0n) is 21.8. The average Bonchev–Trinajstić information content (AvgIpc) is 2.76. The summed E-state index contributed by atoms with van der Waals surface area (Å²) >= 11 is 4.24. The maximum absolute atomic E-state index is 10.8. The van der Waals surface area contributed by atoms with Crippen LogP contribution in [0.4, 0.5) is 0 Å². The molecule has 0 saturated carbocycles. The molecule has 0 heterocycles. The summed E-state index contributed by atoms with van der Waals surface area (Å²) in [5.74, 6) is 0.818. The van der Waals surface area contributed by atoms with E-state index in [-0.39, 0.29) is 5.75 Å². The predicted molar refractivity (Wildman–Crippen MR) is 142 cm³/mol. The van der Waals surface area contributed by atoms with Gasteiger partial charge in [-0.1, -0.05) is 44.9 Å². The summed E-state index contributed by atoms with van der Waals surface area (Å²) in [5, 5.41) is 0. The molecule has 0 unspecified atom stereocenters. The maximum atomic E-state index is 10.8. The van der Waals surface area contributed by atoms with Gasteiger partial charge in [0, 0.05) is 13.0 Å². The zero-order valence-corrected chi connectivity index (χ0v) is 23.5. The van der Waals surface area contributed by atoms with E-state index in [2.05, 4.69) is 12.6 Å². The third-order valence-electron chi connectivity index (χ3n) is 5.57. The van der Waals surface area contributed by atoms with Crippen molar-refractivity contribution in [3.05, 3.63) is 0 Å². The maximum Gasteiger partial charge on any atom is 0.265 e. The third kappa shape index (κ3) is 28.3. The Labute approximate surface area is 214 Å². The van der Waals surface area contributed by atoms with Crippen LogP contribution in [-0.4, -0.2) is 109 Å². The molecular weight excluding hydrogens is 478 g/mol. The number of rotatable bonds is 27. The third-order valence-corrected chi connectivity index (χ3v) is 6.69. The molecular formula is C24H52NO7S2+. The van der Waals surface area contributed by atoms with Crippen LogP contribution >= 0.6 is 12.6 Å². The highest BCUT2D eigenvalue weighted by Gasteiger charge is 2.16. The van der Waals surface area contributed by atoms with Crippen LogP contribution in [0.3, 0.4) is 0 Å². The number of thiol groups is 1. The molecule has 0 radical (unpaired) electrons.